The van der Waals surface area contributed by atoms with E-state index in [1.165, 1.54) is 0 Å². The first kappa shape index (κ1) is 20.0. The van der Waals surface area contributed by atoms with Gasteiger partial charge in [0.15, 0.2) is 0 Å². The van der Waals surface area contributed by atoms with Gasteiger partial charge in [-0.3, -0.25) is 9.59 Å². The molecule has 0 unspecified atom stereocenters. The van der Waals surface area contributed by atoms with Crippen LogP contribution in [-0.2, 0) is 16.1 Å². The maximum absolute atomic E-state index is 13.8. The Balaban J connectivity index is 1.35. The maximum Gasteiger partial charge on any atom is 0.274 e. The van der Waals surface area contributed by atoms with Crippen LogP contribution in [0.1, 0.15) is 37.7 Å². The molecule has 1 saturated carbocycles. The zero-order valence-electron chi connectivity index (χ0n) is 16.8. The number of nitrogens with zero attached hydrogens (tertiary/aromatic N) is 2. The number of carbonyl (C=O) groups is 2. The molecule has 1 aromatic rings. The molecular weight excluding hydrogens is 411 g/mol. The first-order valence-electron chi connectivity index (χ1n) is 10.4. The van der Waals surface area contributed by atoms with Gasteiger partial charge in [-0.05, 0) is 25.2 Å². The summed E-state index contributed by atoms with van der Waals surface area (Å²) in [5.41, 5.74) is -0.342. The molecule has 2 N–H and O–H groups in total. The number of halogens is 3. The van der Waals surface area contributed by atoms with Crippen LogP contribution in [0.2, 0.25) is 0 Å². The van der Waals surface area contributed by atoms with Crippen LogP contribution in [0.5, 0.6) is 0 Å². The summed E-state index contributed by atoms with van der Waals surface area (Å²) in [5.74, 6) is -3.76. The van der Waals surface area contributed by atoms with E-state index in [1.54, 1.807) is 11.1 Å². The van der Waals surface area contributed by atoms with Crippen molar-refractivity contribution in [1.82, 2.24) is 15.1 Å². The molecule has 3 aliphatic heterocycles. The van der Waals surface area contributed by atoms with Gasteiger partial charge < -0.3 is 20.2 Å². The molecular formula is C22H22F3N3O3. The van der Waals surface area contributed by atoms with E-state index in [9.17, 15) is 27.9 Å². The highest BCUT2D eigenvalue weighted by atomic mass is 19.1. The van der Waals surface area contributed by atoms with Crippen molar-refractivity contribution >= 4 is 11.8 Å². The Labute approximate surface area is 177 Å². The predicted molar refractivity (Wildman–Crippen MR) is 104 cm³/mol. The number of nitrogens with one attached hydrogen (secondary N) is 1. The molecule has 0 aromatic heterocycles. The lowest BCUT2D eigenvalue weighted by Gasteiger charge is -2.49. The van der Waals surface area contributed by atoms with E-state index in [2.05, 4.69) is 5.32 Å². The van der Waals surface area contributed by atoms with Crippen molar-refractivity contribution < 1.29 is 27.9 Å². The van der Waals surface area contributed by atoms with Crippen molar-refractivity contribution in [2.75, 3.05) is 13.1 Å². The fourth-order valence-electron chi connectivity index (χ4n) is 5.55. The number of benzene rings is 1. The van der Waals surface area contributed by atoms with Crippen LogP contribution in [0.15, 0.2) is 35.4 Å². The Kier molecular flexibility index (Phi) is 4.53. The van der Waals surface area contributed by atoms with Crippen LogP contribution in [0.25, 0.3) is 0 Å². The normalized spacial score (nSPS) is 27.1. The number of hydrogen-bond acceptors (Lipinski definition) is 4. The number of piperazine rings is 1. The van der Waals surface area contributed by atoms with Gasteiger partial charge >= 0.3 is 0 Å². The summed E-state index contributed by atoms with van der Waals surface area (Å²) < 4.78 is 40.7. The number of rotatable bonds is 3. The van der Waals surface area contributed by atoms with Crippen molar-refractivity contribution in [2.45, 2.75) is 44.2 Å². The molecule has 2 atom stereocenters. The van der Waals surface area contributed by atoms with Crippen molar-refractivity contribution in [2.24, 2.45) is 5.92 Å². The van der Waals surface area contributed by atoms with E-state index >= 15 is 0 Å². The Morgan fingerprint density at radius 2 is 2.00 bits per heavy atom. The Morgan fingerprint density at radius 1 is 1.26 bits per heavy atom. The third-order valence-electron chi connectivity index (χ3n) is 6.90. The first-order valence-corrected chi connectivity index (χ1v) is 10.4. The van der Waals surface area contributed by atoms with Crippen LogP contribution in [0, 0.1) is 23.4 Å². The lowest BCUT2D eigenvalue weighted by molar-refractivity contribution is -0.137. The minimum atomic E-state index is -1.09. The minimum Gasteiger partial charge on any atom is -0.510 e. The monoisotopic (exact) mass is 433 g/mol. The summed E-state index contributed by atoms with van der Waals surface area (Å²) in [4.78, 5) is 29.3. The molecule has 4 aliphatic rings. The number of allylic oxidation sites excluding steroid dienone is 1. The van der Waals surface area contributed by atoms with Gasteiger partial charge in [0.05, 0.1) is 5.54 Å². The Bertz CT molecular complexity index is 1030. The minimum absolute atomic E-state index is 0.151. The average Bonchev–Trinajstić information content (AvgIpc) is 2.96. The number of amides is 2. The fourth-order valence-corrected chi connectivity index (χ4v) is 5.55. The van der Waals surface area contributed by atoms with Gasteiger partial charge in [0, 0.05) is 55.5 Å². The van der Waals surface area contributed by atoms with Crippen LogP contribution in [0.3, 0.4) is 0 Å². The molecule has 0 radical (unpaired) electrons. The third-order valence-corrected chi connectivity index (χ3v) is 6.90. The van der Waals surface area contributed by atoms with Gasteiger partial charge in [0.25, 0.3) is 5.91 Å². The molecule has 3 heterocycles. The van der Waals surface area contributed by atoms with Crippen molar-refractivity contribution in [1.29, 1.82) is 0 Å². The smallest absolute Gasteiger partial charge is 0.274 e. The number of carbonyl (C=O) groups excluding carboxylic acids is 2. The van der Waals surface area contributed by atoms with Gasteiger partial charge in [-0.2, -0.15) is 0 Å². The van der Waals surface area contributed by atoms with Crippen molar-refractivity contribution in [3.8, 4) is 0 Å². The maximum atomic E-state index is 13.8. The standard InChI is InChI=1S/C22H22F3N3O3/c23-14-5-16(24)15(17(25)6-14)8-26-20(30)13-4-18(29)19-21(31)28-9-12-2-1-3-22(28,7-12)11-27(19)10-13/h5-6,10,12,29H,1-4,7-9,11H2,(H,26,30)/t12-,22+/m1/s1. The van der Waals surface area contributed by atoms with Crippen molar-refractivity contribution in [3.63, 3.8) is 0 Å². The van der Waals surface area contributed by atoms with E-state index in [0.717, 1.165) is 25.7 Å². The highest BCUT2D eigenvalue weighted by Gasteiger charge is 2.55. The Morgan fingerprint density at radius 3 is 2.74 bits per heavy atom. The molecule has 9 heteroatoms. The van der Waals surface area contributed by atoms with E-state index < -0.39 is 35.5 Å². The topological polar surface area (TPSA) is 72.9 Å². The van der Waals surface area contributed by atoms with Gasteiger partial charge in [0.1, 0.15) is 28.9 Å². The SMILES string of the molecule is O=C(NCc1c(F)cc(F)cc1F)C1=CN2C[C@@]34CCC[C@@H](CN3C(=O)C2=C(O)C1)C4. The summed E-state index contributed by atoms with van der Waals surface area (Å²) in [7, 11) is 0. The average molecular weight is 433 g/mol. The molecule has 3 fully saturated rings. The second-order valence-corrected chi connectivity index (χ2v) is 8.89. The second kappa shape index (κ2) is 7.03. The summed E-state index contributed by atoms with van der Waals surface area (Å²) in [5, 5.41) is 13.0. The van der Waals surface area contributed by atoms with E-state index in [1.807, 2.05) is 4.90 Å². The van der Waals surface area contributed by atoms with E-state index in [4.69, 9.17) is 0 Å². The molecule has 2 amide bonds. The summed E-state index contributed by atoms with van der Waals surface area (Å²) in [6, 6.07) is 1.10. The Hall–Kier alpha value is -2.97. The number of aliphatic hydroxyl groups is 1. The van der Waals surface area contributed by atoms with Gasteiger partial charge in [-0.15, -0.1) is 0 Å². The molecule has 2 saturated heterocycles. The predicted octanol–water partition coefficient (Wildman–Crippen LogP) is 2.86. The lowest BCUT2D eigenvalue weighted by Crippen LogP contribution is -2.60. The first-order chi connectivity index (χ1) is 14.8. The summed E-state index contributed by atoms with van der Waals surface area (Å²) >= 11 is 0. The quantitative estimate of drug-likeness (QED) is 0.769. The zero-order chi connectivity index (χ0) is 21.9. The summed E-state index contributed by atoms with van der Waals surface area (Å²) in [6.45, 7) is 0.742. The zero-order valence-corrected chi connectivity index (χ0v) is 16.8. The van der Waals surface area contributed by atoms with Crippen LogP contribution < -0.4 is 5.32 Å². The van der Waals surface area contributed by atoms with Gasteiger partial charge in [-0.1, -0.05) is 6.42 Å². The lowest BCUT2D eigenvalue weighted by atomic mass is 9.78. The molecule has 164 valence electrons. The third kappa shape index (κ3) is 3.18. The summed E-state index contributed by atoms with van der Waals surface area (Å²) in [6.07, 6.45) is 5.34. The molecule has 5 rings (SSSR count). The van der Waals surface area contributed by atoms with Gasteiger partial charge in [0.2, 0.25) is 5.91 Å². The number of aliphatic hydroxyl groups excluding tert-OH is 1. The largest absolute Gasteiger partial charge is 0.510 e. The second-order valence-electron chi connectivity index (χ2n) is 8.89. The molecule has 1 aromatic carbocycles. The molecule has 1 aliphatic carbocycles. The highest BCUT2D eigenvalue weighted by Crippen LogP contribution is 2.48. The molecule has 1 spiro atoms. The van der Waals surface area contributed by atoms with E-state index in [0.29, 0.717) is 31.1 Å². The molecule has 6 nitrogen and oxygen atoms in total. The highest BCUT2D eigenvalue weighted by molar-refractivity contribution is 5.99. The van der Waals surface area contributed by atoms with Gasteiger partial charge in [-0.25, -0.2) is 13.2 Å². The number of fused-ring (bicyclic) bond motifs is 2. The number of hydrogen-bond donors (Lipinski definition) is 2. The van der Waals surface area contributed by atoms with Crippen molar-refractivity contribution in [3.05, 3.63) is 58.4 Å². The van der Waals surface area contributed by atoms with E-state index in [-0.39, 0.29) is 34.9 Å². The fraction of sp³-hybridized carbons (Fsp3) is 0.455. The van der Waals surface area contributed by atoms with Crippen LogP contribution >= 0.6 is 0 Å². The van der Waals surface area contributed by atoms with Crippen LogP contribution in [0.4, 0.5) is 13.2 Å². The molecule has 31 heavy (non-hydrogen) atoms. The van der Waals surface area contributed by atoms with Crippen LogP contribution in [-0.4, -0.2) is 45.3 Å². The molecule has 2 bridgehead atoms.